The second-order valence-electron chi connectivity index (χ2n) is 7.91. The van der Waals surface area contributed by atoms with Gasteiger partial charge in [-0.05, 0) is 37.8 Å². The molecule has 0 saturated heterocycles. The predicted molar refractivity (Wildman–Crippen MR) is 109 cm³/mol. The molecule has 0 spiro atoms. The monoisotopic (exact) mass is 351 g/mol. The van der Waals surface area contributed by atoms with Crippen molar-refractivity contribution in [2.24, 2.45) is 5.92 Å². The van der Waals surface area contributed by atoms with Crippen LogP contribution in [0.4, 0.5) is 0 Å². The molecule has 1 saturated carbocycles. The van der Waals surface area contributed by atoms with Crippen molar-refractivity contribution in [2.75, 3.05) is 0 Å². The number of nitrogens with one attached hydrogen (secondary N) is 1. The zero-order valence-corrected chi connectivity index (χ0v) is 16.3. The number of para-hydroxylation sites is 1. The zero-order valence-electron chi connectivity index (χ0n) is 16.3. The van der Waals surface area contributed by atoms with Crippen LogP contribution in [0.1, 0.15) is 62.1 Å². The van der Waals surface area contributed by atoms with Gasteiger partial charge < -0.3 is 10.1 Å². The molecule has 0 radical (unpaired) electrons. The Bertz CT molecular complexity index is 675. The Morgan fingerprint density at radius 2 is 1.85 bits per heavy atom. The first-order valence-corrected chi connectivity index (χ1v) is 10.2. The van der Waals surface area contributed by atoms with Gasteiger partial charge in [-0.2, -0.15) is 0 Å². The van der Waals surface area contributed by atoms with Crippen molar-refractivity contribution in [1.29, 1.82) is 0 Å². The quantitative estimate of drug-likeness (QED) is 0.627. The molecule has 2 heteroatoms. The summed E-state index contributed by atoms with van der Waals surface area (Å²) in [4.78, 5) is 0. The van der Waals surface area contributed by atoms with E-state index in [0.29, 0.717) is 12.6 Å². The van der Waals surface area contributed by atoms with Crippen LogP contribution in [-0.4, -0.2) is 6.04 Å². The van der Waals surface area contributed by atoms with E-state index in [0.717, 1.165) is 18.2 Å². The van der Waals surface area contributed by atoms with E-state index in [1.165, 1.54) is 55.2 Å². The van der Waals surface area contributed by atoms with Gasteiger partial charge in [0.2, 0.25) is 0 Å². The standard InChI is InChI=1S/C24H33NO/c1-19-9-8-12-22(15-19)18-26-24-14-7-6-13-23(24)17-25-20(2)16-21-10-4-3-5-11-21/h6-9,12-15,20-21,25H,3-5,10-11,16-18H2,1-2H3. The van der Waals surface area contributed by atoms with E-state index in [-0.39, 0.29) is 0 Å². The minimum Gasteiger partial charge on any atom is -0.489 e. The maximum Gasteiger partial charge on any atom is 0.124 e. The summed E-state index contributed by atoms with van der Waals surface area (Å²) in [5.41, 5.74) is 3.74. The van der Waals surface area contributed by atoms with Gasteiger partial charge in [0.05, 0.1) is 0 Å². The largest absolute Gasteiger partial charge is 0.489 e. The number of aryl methyl sites for hydroxylation is 1. The van der Waals surface area contributed by atoms with Crippen molar-refractivity contribution in [2.45, 2.75) is 71.6 Å². The Kier molecular flexibility index (Phi) is 7.13. The lowest BCUT2D eigenvalue weighted by molar-refractivity contribution is 0.294. The summed E-state index contributed by atoms with van der Waals surface area (Å²) >= 11 is 0. The lowest BCUT2D eigenvalue weighted by Gasteiger charge is -2.25. The first kappa shape index (κ1) is 19.0. The average molecular weight is 352 g/mol. The second-order valence-corrected chi connectivity index (χ2v) is 7.91. The van der Waals surface area contributed by atoms with Gasteiger partial charge in [0, 0.05) is 18.2 Å². The smallest absolute Gasteiger partial charge is 0.124 e. The maximum absolute atomic E-state index is 6.12. The number of rotatable bonds is 8. The Hall–Kier alpha value is -1.80. The van der Waals surface area contributed by atoms with Gasteiger partial charge in [-0.15, -0.1) is 0 Å². The summed E-state index contributed by atoms with van der Waals surface area (Å²) in [6.45, 7) is 5.94. The summed E-state index contributed by atoms with van der Waals surface area (Å²) in [6.07, 6.45) is 8.42. The van der Waals surface area contributed by atoms with Crippen LogP contribution in [0.25, 0.3) is 0 Å². The lowest BCUT2D eigenvalue weighted by atomic mass is 9.85. The molecule has 3 rings (SSSR count). The van der Waals surface area contributed by atoms with E-state index >= 15 is 0 Å². The van der Waals surface area contributed by atoms with E-state index in [1.54, 1.807) is 0 Å². The minimum absolute atomic E-state index is 0.558. The molecule has 1 atom stereocenters. The molecule has 1 aliphatic carbocycles. The van der Waals surface area contributed by atoms with Crippen LogP contribution in [0.2, 0.25) is 0 Å². The summed E-state index contributed by atoms with van der Waals surface area (Å²) in [7, 11) is 0. The van der Waals surface area contributed by atoms with Crippen molar-refractivity contribution < 1.29 is 4.74 Å². The van der Waals surface area contributed by atoms with Crippen LogP contribution in [0.3, 0.4) is 0 Å². The summed E-state index contributed by atoms with van der Waals surface area (Å²) < 4.78 is 6.12. The van der Waals surface area contributed by atoms with Crippen molar-refractivity contribution in [3.63, 3.8) is 0 Å². The topological polar surface area (TPSA) is 21.3 Å². The third kappa shape index (κ3) is 5.88. The zero-order chi connectivity index (χ0) is 18.2. The van der Waals surface area contributed by atoms with Crippen LogP contribution in [0.15, 0.2) is 48.5 Å². The van der Waals surface area contributed by atoms with Crippen LogP contribution < -0.4 is 10.1 Å². The molecule has 1 fully saturated rings. The van der Waals surface area contributed by atoms with Gasteiger partial charge >= 0.3 is 0 Å². The molecule has 2 aromatic carbocycles. The van der Waals surface area contributed by atoms with Gasteiger partial charge in [0.1, 0.15) is 12.4 Å². The molecule has 1 unspecified atom stereocenters. The van der Waals surface area contributed by atoms with E-state index < -0.39 is 0 Å². The number of ether oxygens (including phenoxy) is 1. The molecule has 0 amide bonds. The first-order valence-electron chi connectivity index (χ1n) is 10.2. The van der Waals surface area contributed by atoms with Gasteiger partial charge in [0.25, 0.3) is 0 Å². The Balaban J connectivity index is 1.51. The van der Waals surface area contributed by atoms with Gasteiger partial charge in [-0.25, -0.2) is 0 Å². The van der Waals surface area contributed by atoms with Gasteiger partial charge in [0.15, 0.2) is 0 Å². The summed E-state index contributed by atoms with van der Waals surface area (Å²) in [5, 5.41) is 3.71. The Morgan fingerprint density at radius 1 is 1.04 bits per heavy atom. The van der Waals surface area contributed by atoms with E-state index in [2.05, 4.69) is 67.7 Å². The Morgan fingerprint density at radius 3 is 2.65 bits per heavy atom. The molecule has 140 valence electrons. The molecule has 0 bridgehead atoms. The highest BCUT2D eigenvalue weighted by atomic mass is 16.5. The molecule has 0 heterocycles. The fraction of sp³-hybridized carbons (Fsp3) is 0.500. The fourth-order valence-corrected chi connectivity index (χ4v) is 4.04. The van der Waals surface area contributed by atoms with Crippen LogP contribution in [-0.2, 0) is 13.2 Å². The highest BCUT2D eigenvalue weighted by molar-refractivity contribution is 5.33. The van der Waals surface area contributed by atoms with Crippen molar-refractivity contribution in [3.8, 4) is 5.75 Å². The summed E-state index contributed by atoms with van der Waals surface area (Å²) in [5.74, 6) is 1.91. The van der Waals surface area contributed by atoms with Crippen LogP contribution in [0, 0.1) is 12.8 Å². The average Bonchev–Trinajstić information content (AvgIpc) is 2.66. The van der Waals surface area contributed by atoms with Crippen molar-refractivity contribution in [3.05, 3.63) is 65.2 Å². The van der Waals surface area contributed by atoms with Crippen LogP contribution in [0.5, 0.6) is 5.75 Å². The summed E-state index contributed by atoms with van der Waals surface area (Å²) in [6, 6.07) is 17.5. The van der Waals surface area contributed by atoms with E-state index in [9.17, 15) is 0 Å². The predicted octanol–water partition coefficient (Wildman–Crippen LogP) is 6.02. The molecule has 26 heavy (non-hydrogen) atoms. The minimum atomic E-state index is 0.558. The number of hydrogen-bond acceptors (Lipinski definition) is 2. The van der Waals surface area contributed by atoms with Crippen molar-refractivity contribution in [1.82, 2.24) is 5.32 Å². The third-order valence-corrected chi connectivity index (χ3v) is 5.50. The molecular formula is C24H33NO. The van der Waals surface area contributed by atoms with Gasteiger partial charge in [-0.1, -0.05) is 80.1 Å². The molecule has 0 aromatic heterocycles. The van der Waals surface area contributed by atoms with Gasteiger partial charge in [-0.3, -0.25) is 0 Å². The fourth-order valence-electron chi connectivity index (χ4n) is 4.04. The van der Waals surface area contributed by atoms with Crippen LogP contribution >= 0.6 is 0 Å². The number of hydrogen-bond donors (Lipinski definition) is 1. The SMILES string of the molecule is Cc1cccc(COc2ccccc2CNC(C)CC2CCCCC2)c1. The van der Waals surface area contributed by atoms with Crippen molar-refractivity contribution >= 4 is 0 Å². The highest BCUT2D eigenvalue weighted by Crippen LogP contribution is 2.27. The van der Waals surface area contributed by atoms with E-state index in [4.69, 9.17) is 4.74 Å². The molecule has 2 nitrogen and oxygen atoms in total. The second kappa shape index (κ2) is 9.78. The molecule has 0 aliphatic heterocycles. The van der Waals surface area contributed by atoms with E-state index in [1.807, 2.05) is 0 Å². The maximum atomic E-state index is 6.12. The molecular weight excluding hydrogens is 318 g/mol. The Labute approximate surface area is 159 Å². The highest BCUT2D eigenvalue weighted by Gasteiger charge is 2.16. The first-order chi connectivity index (χ1) is 12.7. The number of benzene rings is 2. The third-order valence-electron chi connectivity index (χ3n) is 5.50. The molecule has 2 aromatic rings. The lowest BCUT2D eigenvalue weighted by Crippen LogP contribution is -2.28. The molecule has 1 N–H and O–H groups in total. The normalized spacial score (nSPS) is 16.4. The molecule has 1 aliphatic rings.